The van der Waals surface area contributed by atoms with Crippen LogP contribution in [0.3, 0.4) is 0 Å². The lowest BCUT2D eigenvalue weighted by Gasteiger charge is -2.27. The van der Waals surface area contributed by atoms with Gasteiger partial charge in [0.05, 0.1) is 18.8 Å². The molecule has 2 heterocycles. The first-order chi connectivity index (χ1) is 12.5. The van der Waals surface area contributed by atoms with Crippen LogP contribution in [-0.4, -0.2) is 33.7 Å². The summed E-state index contributed by atoms with van der Waals surface area (Å²) in [5, 5.41) is 4.34. The largest absolute Gasteiger partial charge is 0.472 e. The van der Waals surface area contributed by atoms with Crippen LogP contribution in [0.4, 0.5) is 8.78 Å². The van der Waals surface area contributed by atoms with Gasteiger partial charge in [-0.3, -0.25) is 9.48 Å². The molecule has 1 aromatic carbocycles. The molecule has 0 atom stereocenters. The highest BCUT2D eigenvalue weighted by Gasteiger charge is 2.27. The molecule has 0 unspecified atom stereocenters. The number of ether oxygens (including phenoxy) is 1. The third-order valence-electron chi connectivity index (χ3n) is 4.26. The van der Waals surface area contributed by atoms with Gasteiger partial charge in [0.2, 0.25) is 5.88 Å². The minimum Gasteiger partial charge on any atom is -0.472 e. The van der Waals surface area contributed by atoms with E-state index in [4.69, 9.17) is 4.74 Å². The molecule has 136 valence electrons. The number of halogens is 2. The summed E-state index contributed by atoms with van der Waals surface area (Å²) in [5.74, 6) is -1.95. The molecule has 0 spiro atoms. The standard InChI is InChI=1S/C19H19F2N3O2/c1-3-13(4-2)12-26-17-10-14-11-23(8-9-24(14)22-17)19(25)18-15(20)6-5-7-16(18)21/h3-7,10H,1,8-9,11-12H2,2H3/b13-4+. The summed E-state index contributed by atoms with van der Waals surface area (Å²) in [6.07, 6.45) is 3.60. The molecule has 0 fully saturated rings. The number of hydrogen-bond acceptors (Lipinski definition) is 3. The fraction of sp³-hybridized carbons (Fsp3) is 0.263. The number of amides is 1. The maximum absolute atomic E-state index is 13.9. The van der Waals surface area contributed by atoms with Crippen LogP contribution in [0.25, 0.3) is 0 Å². The predicted octanol–water partition coefficient (Wildman–Crippen LogP) is 3.33. The first kappa shape index (κ1) is 17.8. The Balaban J connectivity index is 1.73. The van der Waals surface area contributed by atoms with E-state index in [0.29, 0.717) is 25.6 Å². The highest BCUT2D eigenvalue weighted by Crippen LogP contribution is 2.22. The summed E-state index contributed by atoms with van der Waals surface area (Å²) < 4.78 is 35.1. The van der Waals surface area contributed by atoms with Crippen LogP contribution in [0.2, 0.25) is 0 Å². The molecule has 0 saturated heterocycles. The van der Waals surface area contributed by atoms with E-state index < -0.39 is 23.1 Å². The molecular weight excluding hydrogens is 340 g/mol. The average molecular weight is 359 g/mol. The second kappa shape index (κ2) is 7.51. The van der Waals surface area contributed by atoms with E-state index in [1.54, 1.807) is 16.8 Å². The minimum atomic E-state index is -0.860. The Kier molecular flexibility index (Phi) is 5.16. The molecule has 0 N–H and O–H groups in total. The van der Waals surface area contributed by atoms with Crippen molar-refractivity contribution >= 4 is 5.91 Å². The van der Waals surface area contributed by atoms with E-state index in [2.05, 4.69) is 11.7 Å². The Morgan fingerprint density at radius 1 is 1.35 bits per heavy atom. The van der Waals surface area contributed by atoms with Gasteiger partial charge in [-0.15, -0.1) is 5.10 Å². The van der Waals surface area contributed by atoms with Gasteiger partial charge in [0.15, 0.2) is 0 Å². The summed E-state index contributed by atoms with van der Waals surface area (Å²) in [6.45, 7) is 6.89. The number of carbonyl (C=O) groups excluding carboxylic acids is 1. The van der Waals surface area contributed by atoms with E-state index >= 15 is 0 Å². The highest BCUT2D eigenvalue weighted by molar-refractivity contribution is 5.94. The van der Waals surface area contributed by atoms with Crippen molar-refractivity contribution in [3.63, 3.8) is 0 Å². The second-order valence-corrected chi connectivity index (χ2v) is 5.88. The molecule has 5 nitrogen and oxygen atoms in total. The molecule has 1 aliphatic rings. The summed E-state index contributed by atoms with van der Waals surface area (Å²) in [4.78, 5) is 13.9. The van der Waals surface area contributed by atoms with E-state index in [0.717, 1.165) is 23.4 Å². The topological polar surface area (TPSA) is 47.4 Å². The SMILES string of the molecule is C=C/C(=C\C)COc1cc2n(n1)CCN(C(=O)c1c(F)cccc1F)C2. The van der Waals surface area contributed by atoms with Crippen LogP contribution < -0.4 is 4.74 Å². The summed E-state index contributed by atoms with van der Waals surface area (Å²) in [6, 6.07) is 5.12. The van der Waals surface area contributed by atoms with Gasteiger partial charge in [0.25, 0.3) is 5.91 Å². The van der Waals surface area contributed by atoms with Crippen molar-refractivity contribution in [3.05, 3.63) is 71.5 Å². The van der Waals surface area contributed by atoms with Gasteiger partial charge in [-0.2, -0.15) is 0 Å². The minimum absolute atomic E-state index is 0.209. The van der Waals surface area contributed by atoms with Gasteiger partial charge >= 0.3 is 0 Å². The smallest absolute Gasteiger partial charge is 0.260 e. The number of rotatable bonds is 5. The normalized spacial score (nSPS) is 14.1. The van der Waals surface area contributed by atoms with Gasteiger partial charge in [0.1, 0.15) is 23.8 Å². The fourth-order valence-electron chi connectivity index (χ4n) is 2.76. The molecule has 2 aromatic rings. The molecule has 0 saturated carbocycles. The fourth-order valence-corrected chi connectivity index (χ4v) is 2.76. The lowest BCUT2D eigenvalue weighted by Crippen LogP contribution is -2.39. The van der Waals surface area contributed by atoms with Crippen molar-refractivity contribution in [1.82, 2.24) is 14.7 Å². The number of aromatic nitrogens is 2. The predicted molar refractivity (Wildman–Crippen MR) is 92.8 cm³/mol. The van der Waals surface area contributed by atoms with Crippen LogP contribution in [-0.2, 0) is 13.1 Å². The van der Waals surface area contributed by atoms with Crippen molar-refractivity contribution in [3.8, 4) is 5.88 Å². The molecule has 26 heavy (non-hydrogen) atoms. The third-order valence-corrected chi connectivity index (χ3v) is 4.26. The Labute approximate surface area is 150 Å². The van der Waals surface area contributed by atoms with E-state index in [-0.39, 0.29) is 6.54 Å². The Hall–Kier alpha value is -2.96. The third kappa shape index (κ3) is 3.51. The molecule has 0 bridgehead atoms. The van der Waals surface area contributed by atoms with Gasteiger partial charge in [-0.1, -0.05) is 24.8 Å². The van der Waals surface area contributed by atoms with Crippen LogP contribution in [0, 0.1) is 11.6 Å². The maximum atomic E-state index is 13.9. The molecule has 1 aliphatic heterocycles. The number of carbonyl (C=O) groups is 1. The van der Waals surface area contributed by atoms with Crippen molar-refractivity contribution in [2.24, 2.45) is 0 Å². The Bertz CT molecular complexity index is 853. The van der Waals surface area contributed by atoms with Crippen molar-refractivity contribution in [1.29, 1.82) is 0 Å². The molecule has 3 rings (SSSR count). The number of fused-ring (bicyclic) bond motifs is 1. The van der Waals surface area contributed by atoms with E-state index in [9.17, 15) is 13.6 Å². The van der Waals surface area contributed by atoms with Crippen LogP contribution in [0.5, 0.6) is 5.88 Å². The highest BCUT2D eigenvalue weighted by atomic mass is 19.1. The molecule has 7 heteroatoms. The monoisotopic (exact) mass is 359 g/mol. The average Bonchev–Trinajstić information content (AvgIpc) is 3.04. The van der Waals surface area contributed by atoms with E-state index in [1.807, 2.05) is 13.0 Å². The maximum Gasteiger partial charge on any atom is 0.260 e. The lowest BCUT2D eigenvalue weighted by atomic mass is 10.1. The van der Waals surface area contributed by atoms with E-state index in [1.165, 1.54) is 11.0 Å². The molecular formula is C19H19F2N3O2. The van der Waals surface area contributed by atoms with Gasteiger partial charge in [-0.25, -0.2) is 8.78 Å². The van der Waals surface area contributed by atoms with Crippen LogP contribution >= 0.6 is 0 Å². The molecule has 0 radical (unpaired) electrons. The van der Waals surface area contributed by atoms with Gasteiger partial charge in [-0.05, 0) is 24.6 Å². The van der Waals surface area contributed by atoms with Crippen molar-refractivity contribution < 1.29 is 18.3 Å². The van der Waals surface area contributed by atoms with Crippen molar-refractivity contribution in [2.45, 2.75) is 20.0 Å². The number of benzene rings is 1. The second-order valence-electron chi connectivity index (χ2n) is 5.88. The number of hydrogen-bond donors (Lipinski definition) is 0. The summed E-state index contributed by atoms with van der Waals surface area (Å²) in [5.41, 5.74) is 1.15. The number of allylic oxidation sites excluding steroid dienone is 1. The Morgan fingerprint density at radius 2 is 2.08 bits per heavy atom. The number of nitrogens with zero attached hydrogens (tertiary/aromatic N) is 3. The first-order valence-corrected chi connectivity index (χ1v) is 8.24. The summed E-state index contributed by atoms with van der Waals surface area (Å²) in [7, 11) is 0. The van der Waals surface area contributed by atoms with Crippen LogP contribution in [0.1, 0.15) is 23.0 Å². The lowest BCUT2D eigenvalue weighted by molar-refractivity contribution is 0.0696. The summed E-state index contributed by atoms with van der Waals surface area (Å²) >= 11 is 0. The zero-order chi connectivity index (χ0) is 18.7. The zero-order valence-electron chi connectivity index (χ0n) is 14.4. The van der Waals surface area contributed by atoms with Crippen molar-refractivity contribution in [2.75, 3.05) is 13.2 Å². The van der Waals surface area contributed by atoms with Gasteiger partial charge in [0, 0.05) is 12.6 Å². The molecule has 0 aliphatic carbocycles. The first-order valence-electron chi connectivity index (χ1n) is 8.24. The molecule has 1 aromatic heterocycles. The Morgan fingerprint density at radius 3 is 2.73 bits per heavy atom. The quantitative estimate of drug-likeness (QED) is 0.770. The molecule has 1 amide bonds. The van der Waals surface area contributed by atoms with Crippen LogP contribution in [0.15, 0.2) is 48.6 Å². The van der Waals surface area contributed by atoms with Gasteiger partial charge < -0.3 is 9.64 Å². The zero-order valence-corrected chi connectivity index (χ0v) is 14.4.